The van der Waals surface area contributed by atoms with Crippen molar-refractivity contribution in [2.75, 3.05) is 18.0 Å². The van der Waals surface area contributed by atoms with Crippen LogP contribution in [0.1, 0.15) is 18.9 Å². The Morgan fingerprint density at radius 2 is 2.13 bits per heavy atom. The number of carbonyl (C=O) groups is 1. The second-order valence-electron chi connectivity index (χ2n) is 6.13. The molecule has 1 amide bonds. The molecule has 1 saturated heterocycles. The van der Waals surface area contributed by atoms with Crippen LogP contribution in [0, 0.1) is 5.92 Å². The van der Waals surface area contributed by atoms with E-state index in [4.69, 9.17) is 4.74 Å². The van der Waals surface area contributed by atoms with E-state index in [2.05, 4.69) is 34.0 Å². The van der Waals surface area contributed by atoms with Crippen molar-refractivity contribution in [3.63, 3.8) is 0 Å². The lowest BCUT2D eigenvalue weighted by atomic mass is 9.96. The van der Waals surface area contributed by atoms with Gasteiger partial charge in [0.25, 0.3) is 0 Å². The quantitative estimate of drug-likeness (QED) is 0.925. The van der Waals surface area contributed by atoms with Crippen LogP contribution in [0.2, 0.25) is 0 Å². The van der Waals surface area contributed by atoms with Gasteiger partial charge in [-0.1, -0.05) is 37.3 Å². The maximum absolute atomic E-state index is 12.0. The highest BCUT2D eigenvalue weighted by Gasteiger charge is 2.26. The average molecular weight is 330 g/mol. The Labute approximate surface area is 141 Å². The molecule has 0 saturated carbocycles. The van der Waals surface area contributed by atoms with E-state index in [9.17, 15) is 4.79 Å². The maximum atomic E-state index is 12.0. The van der Waals surface area contributed by atoms with Crippen LogP contribution in [0.3, 0.4) is 0 Å². The minimum Gasteiger partial charge on any atom is -0.445 e. The number of amides is 1. The highest BCUT2D eigenvalue weighted by molar-refractivity contribution is 7.08. The lowest BCUT2D eigenvalue weighted by Gasteiger charge is -2.37. The number of anilines is 1. The zero-order valence-corrected chi connectivity index (χ0v) is 14.1. The minimum absolute atomic E-state index is 0.127. The van der Waals surface area contributed by atoms with Crippen LogP contribution >= 0.6 is 11.3 Å². The summed E-state index contributed by atoms with van der Waals surface area (Å²) in [4.78, 5) is 14.4. The lowest BCUT2D eigenvalue weighted by molar-refractivity contribution is 0.133. The number of ether oxygens (including phenoxy) is 1. The number of hydrogen-bond acceptors (Lipinski definition) is 4. The molecular formula is C18H22N2O2S. The fourth-order valence-electron chi connectivity index (χ4n) is 3.04. The first kappa shape index (κ1) is 15.9. The molecule has 23 heavy (non-hydrogen) atoms. The molecule has 1 aliphatic heterocycles. The number of benzene rings is 1. The smallest absolute Gasteiger partial charge is 0.407 e. The predicted molar refractivity (Wildman–Crippen MR) is 93.9 cm³/mol. The number of alkyl carbamates (subject to hydrolysis) is 1. The van der Waals surface area contributed by atoms with Gasteiger partial charge in [0.15, 0.2) is 0 Å². The zero-order chi connectivity index (χ0) is 16.1. The normalized spacial score (nSPS) is 21.0. The fraction of sp³-hybridized carbons (Fsp3) is 0.389. The third kappa shape index (κ3) is 4.48. The molecule has 122 valence electrons. The van der Waals surface area contributed by atoms with E-state index in [-0.39, 0.29) is 12.1 Å². The predicted octanol–water partition coefficient (Wildman–Crippen LogP) is 3.89. The number of thiophene rings is 1. The van der Waals surface area contributed by atoms with Crippen molar-refractivity contribution in [3.05, 3.63) is 52.7 Å². The monoisotopic (exact) mass is 330 g/mol. The second kappa shape index (κ2) is 7.51. The van der Waals surface area contributed by atoms with Crippen molar-refractivity contribution in [2.45, 2.75) is 26.0 Å². The van der Waals surface area contributed by atoms with Gasteiger partial charge in [0.1, 0.15) is 6.61 Å². The number of nitrogens with zero attached hydrogens (tertiary/aromatic N) is 1. The molecule has 4 nitrogen and oxygen atoms in total. The van der Waals surface area contributed by atoms with Crippen LogP contribution in [-0.4, -0.2) is 25.2 Å². The zero-order valence-electron chi connectivity index (χ0n) is 13.3. The molecule has 3 rings (SSSR count). The van der Waals surface area contributed by atoms with Crippen molar-refractivity contribution in [1.29, 1.82) is 0 Å². The van der Waals surface area contributed by atoms with Gasteiger partial charge in [-0.25, -0.2) is 4.79 Å². The van der Waals surface area contributed by atoms with Crippen molar-refractivity contribution in [2.24, 2.45) is 5.92 Å². The summed E-state index contributed by atoms with van der Waals surface area (Å²) in [5.41, 5.74) is 2.24. The lowest BCUT2D eigenvalue weighted by Crippen LogP contribution is -2.50. The van der Waals surface area contributed by atoms with Gasteiger partial charge >= 0.3 is 6.09 Å². The van der Waals surface area contributed by atoms with E-state index in [1.807, 2.05) is 30.3 Å². The van der Waals surface area contributed by atoms with Crippen LogP contribution in [0.4, 0.5) is 10.5 Å². The van der Waals surface area contributed by atoms with Gasteiger partial charge in [-0.15, -0.1) is 0 Å². The van der Waals surface area contributed by atoms with Crippen molar-refractivity contribution >= 4 is 23.1 Å². The highest BCUT2D eigenvalue weighted by Crippen LogP contribution is 2.25. The first-order valence-electron chi connectivity index (χ1n) is 7.95. The molecule has 0 bridgehead atoms. The Kier molecular flexibility index (Phi) is 5.18. The number of rotatable bonds is 4. The van der Waals surface area contributed by atoms with Crippen molar-refractivity contribution in [3.8, 4) is 0 Å². The molecule has 5 heteroatoms. The number of carbonyl (C=O) groups excluding carboxylic acids is 1. The minimum atomic E-state index is -0.335. The van der Waals surface area contributed by atoms with E-state index in [1.165, 1.54) is 5.69 Å². The van der Waals surface area contributed by atoms with Crippen molar-refractivity contribution in [1.82, 2.24) is 5.32 Å². The highest BCUT2D eigenvalue weighted by atomic mass is 32.1. The van der Waals surface area contributed by atoms with E-state index < -0.39 is 0 Å². The van der Waals surface area contributed by atoms with Gasteiger partial charge < -0.3 is 15.0 Å². The second-order valence-corrected chi connectivity index (χ2v) is 6.91. The fourth-order valence-corrected chi connectivity index (χ4v) is 3.70. The average Bonchev–Trinajstić information content (AvgIpc) is 3.08. The van der Waals surface area contributed by atoms with Crippen LogP contribution in [0.25, 0.3) is 0 Å². The van der Waals surface area contributed by atoms with Crippen LogP contribution in [-0.2, 0) is 11.3 Å². The standard InChI is InChI=1S/C18H22N2O2S/c1-14-9-16(11-20(10-14)17-7-8-23-13-17)19-18(21)22-12-15-5-3-2-4-6-15/h2-8,13-14,16H,9-12H2,1H3,(H,19,21). The Hall–Kier alpha value is -2.01. The van der Waals surface area contributed by atoms with E-state index in [1.54, 1.807) is 11.3 Å². The van der Waals surface area contributed by atoms with E-state index >= 15 is 0 Å². The molecule has 1 N–H and O–H groups in total. The number of hydrogen-bond donors (Lipinski definition) is 1. The molecule has 1 aromatic heterocycles. The van der Waals surface area contributed by atoms with Gasteiger partial charge in [-0.3, -0.25) is 0 Å². The maximum Gasteiger partial charge on any atom is 0.407 e. The van der Waals surface area contributed by atoms with Gasteiger partial charge in [0.2, 0.25) is 0 Å². The molecule has 2 unspecified atom stereocenters. The van der Waals surface area contributed by atoms with Crippen LogP contribution in [0.15, 0.2) is 47.2 Å². The molecule has 2 heterocycles. The summed E-state index contributed by atoms with van der Waals surface area (Å²) in [5, 5.41) is 7.26. The Balaban J connectivity index is 1.51. The summed E-state index contributed by atoms with van der Waals surface area (Å²) >= 11 is 1.70. The van der Waals surface area contributed by atoms with Gasteiger partial charge in [0.05, 0.1) is 0 Å². The van der Waals surface area contributed by atoms with Gasteiger partial charge in [-0.2, -0.15) is 11.3 Å². The topological polar surface area (TPSA) is 41.6 Å². The molecule has 2 atom stereocenters. The third-order valence-electron chi connectivity index (χ3n) is 4.07. The molecule has 2 aromatic rings. The molecule has 0 radical (unpaired) electrons. The first-order valence-corrected chi connectivity index (χ1v) is 8.89. The van der Waals surface area contributed by atoms with Gasteiger partial charge in [-0.05, 0) is 29.3 Å². The molecule has 0 spiro atoms. The summed E-state index contributed by atoms with van der Waals surface area (Å²) in [7, 11) is 0. The van der Waals surface area contributed by atoms with E-state index in [0.29, 0.717) is 12.5 Å². The molecule has 1 aromatic carbocycles. The first-order chi connectivity index (χ1) is 11.2. The summed E-state index contributed by atoms with van der Waals surface area (Å²) < 4.78 is 5.33. The molecule has 1 aliphatic rings. The van der Waals surface area contributed by atoms with E-state index in [0.717, 1.165) is 25.1 Å². The van der Waals surface area contributed by atoms with Crippen molar-refractivity contribution < 1.29 is 9.53 Å². The molecule has 1 fully saturated rings. The van der Waals surface area contributed by atoms with Crippen LogP contribution in [0.5, 0.6) is 0 Å². The summed E-state index contributed by atoms with van der Waals surface area (Å²) in [6.45, 7) is 4.40. The Morgan fingerprint density at radius 3 is 2.87 bits per heavy atom. The Morgan fingerprint density at radius 1 is 1.30 bits per heavy atom. The summed E-state index contributed by atoms with van der Waals surface area (Å²) in [6, 6.07) is 12.0. The molecular weight excluding hydrogens is 308 g/mol. The summed E-state index contributed by atoms with van der Waals surface area (Å²) in [5.74, 6) is 0.545. The summed E-state index contributed by atoms with van der Waals surface area (Å²) in [6.07, 6.45) is 0.652. The number of piperidine rings is 1. The third-order valence-corrected chi connectivity index (χ3v) is 4.74. The largest absolute Gasteiger partial charge is 0.445 e. The SMILES string of the molecule is CC1CC(NC(=O)OCc2ccccc2)CN(c2ccsc2)C1. The number of nitrogens with one attached hydrogen (secondary N) is 1. The van der Waals surface area contributed by atoms with Crippen LogP contribution < -0.4 is 10.2 Å². The Bertz CT molecular complexity index is 615. The van der Waals surface area contributed by atoms with Gasteiger partial charge in [0, 0.05) is 30.2 Å². The molecule has 0 aliphatic carbocycles.